The Balaban J connectivity index is 2.28. The van der Waals surface area contributed by atoms with Gasteiger partial charge in [-0.25, -0.2) is 0 Å². The molecule has 2 aromatic rings. The van der Waals surface area contributed by atoms with Crippen molar-refractivity contribution in [2.45, 2.75) is 71.4 Å². The summed E-state index contributed by atoms with van der Waals surface area (Å²) in [4.78, 5) is 0. The maximum absolute atomic E-state index is 9.79. The lowest BCUT2D eigenvalue weighted by atomic mass is 9.91. The summed E-state index contributed by atoms with van der Waals surface area (Å²) in [6, 6.07) is 6.29. The third-order valence-corrected chi connectivity index (χ3v) is 6.04. The van der Waals surface area contributed by atoms with Gasteiger partial charge in [-0.15, -0.1) is 0 Å². The van der Waals surface area contributed by atoms with E-state index in [0.29, 0.717) is 0 Å². The van der Waals surface area contributed by atoms with Gasteiger partial charge in [0.15, 0.2) is 9.04 Å². The first-order valence-electron chi connectivity index (χ1n) is 9.94. The maximum Gasteiger partial charge on any atom is 0.172 e. The van der Waals surface area contributed by atoms with E-state index in [1.807, 2.05) is 6.07 Å². The van der Waals surface area contributed by atoms with Crippen LogP contribution in [-0.2, 0) is 17.5 Å². The summed E-state index contributed by atoms with van der Waals surface area (Å²) < 4.78 is 18.6. The minimum Gasteiger partial charge on any atom is -0.496 e. The fraction of sp³-hybridized carbons (Fsp3) is 0.545. The Morgan fingerprint density at radius 1 is 1.19 bits per heavy atom. The molecule has 148 valence electrons. The lowest BCUT2D eigenvalue weighted by Gasteiger charge is -2.28. The van der Waals surface area contributed by atoms with Crippen molar-refractivity contribution in [3.8, 4) is 11.5 Å². The second-order valence-electron chi connectivity index (χ2n) is 8.20. The van der Waals surface area contributed by atoms with E-state index in [1.165, 1.54) is 5.56 Å². The van der Waals surface area contributed by atoms with Gasteiger partial charge in [0.05, 0.1) is 19.3 Å². The number of aliphatic hydroxyl groups is 1. The fourth-order valence-electron chi connectivity index (χ4n) is 3.96. The maximum atomic E-state index is 9.79. The van der Waals surface area contributed by atoms with Crippen molar-refractivity contribution >= 4 is 19.8 Å². The van der Waals surface area contributed by atoms with Crippen LogP contribution >= 0.6 is 0 Å². The summed E-state index contributed by atoms with van der Waals surface area (Å²) in [6.45, 7) is 10.7. The Bertz CT molecular complexity index is 829. The van der Waals surface area contributed by atoms with E-state index >= 15 is 0 Å². The Kier molecular flexibility index (Phi) is 5.84. The molecule has 5 heteroatoms. The molecule has 0 saturated heterocycles. The predicted octanol–water partition coefficient (Wildman–Crippen LogP) is 4.90. The highest BCUT2D eigenvalue weighted by Crippen LogP contribution is 2.53. The average Bonchev–Trinajstić information content (AvgIpc) is 2.89. The van der Waals surface area contributed by atoms with Crippen molar-refractivity contribution in [3.63, 3.8) is 0 Å². The Labute approximate surface area is 164 Å². The SMILES string of the molecule is CCCCc1cc(CO)cc2c3c(c(OC)cc12)C(O[SiH](C)C)C(C)(C)O3. The third-order valence-electron chi connectivity index (χ3n) is 5.22. The molecule has 0 saturated carbocycles. The molecule has 0 bridgehead atoms. The normalized spacial score (nSPS) is 18.0. The van der Waals surface area contributed by atoms with E-state index in [1.54, 1.807) is 7.11 Å². The lowest BCUT2D eigenvalue weighted by molar-refractivity contribution is 0.0153. The van der Waals surface area contributed by atoms with Crippen molar-refractivity contribution in [3.05, 3.63) is 34.9 Å². The van der Waals surface area contributed by atoms with Crippen molar-refractivity contribution in [2.24, 2.45) is 0 Å². The molecule has 3 rings (SSSR count). The molecule has 1 aliphatic rings. The van der Waals surface area contributed by atoms with Gasteiger partial charge in [0, 0.05) is 5.39 Å². The molecule has 0 amide bonds. The number of aliphatic hydroxyl groups excluding tert-OH is 1. The van der Waals surface area contributed by atoms with Crippen molar-refractivity contribution in [2.75, 3.05) is 7.11 Å². The molecule has 0 radical (unpaired) electrons. The van der Waals surface area contributed by atoms with Gasteiger partial charge < -0.3 is 19.0 Å². The molecule has 0 spiro atoms. The van der Waals surface area contributed by atoms with Gasteiger partial charge >= 0.3 is 0 Å². The lowest BCUT2D eigenvalue weighted by Crippen LogP contribution is -2.34. The monoisotopic (exact) mass is 388 g/mol. The number of aryl methyl sites for hydroxylation is 1. The summed E-state index contributed by atoms with van der Waals surface area (Å²) >= 11 is 0. The summed E-state index contributed by atoms with van der Waals surface area (Å²) in [7, 11) is 0.437. The van der Waals surface area contributed by atoms with Crippen molar-refractivity contribution < 1.29 is 19.0 Å². The molecule has 27 heavy (non-hydrogen) atoms. The van der Waals surface area contributed by atoms with Crippen LogP contribution in [0.3, 0.4) is 0 Å². The molecule has 0 aliphatic carbocycles. The predicted molar refractivity (Wildman–Crippen MR) is 112 cm³/mol. The molecule has 2 aromatic carbocycles. The molecule has 0 aromatic heterocycles. The number of hydrogen-bond acceptors (Lipinski definition) is 4. The molecular weight excluding hydrogens is 356 g/mol. The van der Waals surface area contributed by atoms with Crippen LogP contribution in [0.1, 0.15) is 56.4 Å². The second-order valence-corrected chi connectivity index (χ2v) is 10.6. The van der Waals surface area contributed by atoms with Gasteiger partial charge in [-0.2, -0.15) is 0 Å². The Morgan fingerprint density at radius 3 is 2.52 bits per heavy atom. The molecular formula is C22H32O4Si. The van der Waals surface area contributed by atoms with E-state index < -0.39 is 14.6 Å². The Hall–Kier alpha value is -1.56. The van der Waals surface area contributed by atoms with Gasteiger partial charge in [-0.3, -0.25) is 0 Å². The van der Waals surface area contributed by atoms with Gasteiger partial charge in [0.2, 0.25) is 0 Å². The van der Waals surface area contributed by atoms with Crippen molar-refractivity contribution in [1.82, 2.24) is 0 Å². The smallest absolute Gasteiger partial charge is 0.172 e. The number of methoxy groups -OCH3 is 1. The highest BCUT2D eigenvalue weighted by molar-refractivity contribution is 6.48. The van der Waals surface area contributed by atoms with Crippen molar-refractivity contribution in [1.29, 1.82) is 0 Å². The second kappa shape index (κ2) is 7.82. The van der Waals surface area contributed by atoms with Crippen LogP contribution in [0, 0.1) is 0 Å². The van der Waals surface area contributed by atoms with E-state index in [4.69, 9.17) is 13.9 Å². The standard InChI is InChI=1S/C22H32O4Si/c1-7-8-9-15-10-14(13-23)11-17-16(15)12-18(24-4)19-20(17)25-22(2,3)21(19)26-27(5)6/h10-12,21,23,27H,7-9,13H2,1-6H3. The van der Waals surface area contributed by atoms with Gasteiger partial charge in [0.1, 0.15) is 23.2 Å². The first-order valence-corrected chi connectivity index (χ1v) is 12.7. The minimum atomic E-state index is -1.28. The number of benzene rings is 2. The van der Waals surface area contributed by atoms with Crippen LogP contribution in [0.2, 0.25) is 13.1 Å². The van der Waals surface area contributed by atoms with E-state index in [-0.39, 0.29) is 12.7 Å². The number of ether oxygens (including phenoxy) is 2. The van der Waals surface area contributed by atoms with Gasteiger partial charge in [-0.1, -0.05) is 19.4 Å². The molecule has 4 nitrogen and oxygen atoms in total. The molecule has 1 unspecified atom stereocenters. The molecule has 1 atom stereocenters. The fourth-order valence-corrected chi connectivity index (χ4v) is 4.97. The largest absolute Gasteiger partial charge is 0.496 e. The number of fused-ring (bicyclic) bond motifs is 3. The van der Waals surface area contributed by atoms with Crippen LogP contribution in [0.5, 0.6) is 11.5 Å². The highest BCUT2D eigenvalue weighted by atomic mass is 28.3. The molecule has 1 N–H and O–H groups in total. The molecule has 0 fully saturated rings. The van der Waals surface area contributed by atoms with Crippen LogP contribution in [0.4, 0.5) is 0 Å². The zero-order chi connectivity index (χ0) is 19.8. The zero-order valence-corrected chi connectivity index (χ0v) is 18.5. The first-order chi connectivity index (χ1) is 12.8. The van der Waals surface area contributed by atoms with E-state index in [2.05, 4.69) is 46.0 Å². The average molecular weight is 389 g/mol. The van der Waals surface area contributed by atoms with Crippen LogP contribution in [-0.4, -0.2) is 26.9 Å². The van der Waals surface area contributed by atoms with E-state index in [9.17, 15) is 5.11 Å². The van der Waals surface area contributed by atoms with Crippen LogP contribution < -0.4 is 9.47 Å². The summed E-state index contributed by atoms with van der Waals surface area (Å²) in [5, 5.41) is 12.0. The minimum absolute atomic E-state index is 0.0259. The summed E-state index contributed by atoms with van der Waals surface area (Å²) in [5.41, 5.74) is 2.71. The van der Waals surface area contributed by atoms with Gasteiger partial charge in [-0.05, 0) is 68.4 Å². The summed E-state index contributed by atoms with van der Waals surface area (Å²) in [5.74, 6) is 1.68. The van der Waals surface area contributed by atoms with Crippen LogP contribution in [0.25, 0.3) is 10.8 Å². The third kappa shape index (κ3) is 3.73. The highest BCUT2D eigenvalue weighted by Gasteiger charge is 2.45. The number of unbranched alkanes of at least 4 members (excludes halogenated alkanes) is 1. The first kappa shape index (κ1) is 20.2. The zero-order valence-electron chi connectivity index (χ0n) is 17.4. The summed E-state index contributed by atoms with van der Waals surface area (Å²) in [6.07, 6.45) is 3.08. The topological polar surface area (TPSA) is 47.9 Å². The quantitative estimate of drug-likeness (QED) is 0.686. The number of rotatable bonds is 7. The van der Waals surface area contributed by atoms with Crippen LogP contribution in [0.15, 0.2) is 18.2 Å². The molecule has 1 aliphatic heterocycles. The molecule has 1 heterocycles. The van der Waals surface area contributed by atoms with Gasteiger partial charge in [0.25, 0.3) is 0 Å². The Morgan fingerprint density at radius 2 is 1.93 bits per heavy atom. The number of hydrogen-bond donors (Lipinski definition) is 1. The van der Waals surface area contributed by atoms with E-state index in [0.717, 1.165) is 52.7 Å².